The van der Waals surface area contributed by atoms with Crippen molar-refractivity contribution in [3.63, 3.8) is 0 Å². The third kappa shape index (κ3) is 2.07. The van der Waals surface area contributed by atoms with Crippen LogP contribution in [0.2, 0.25) is 5.02 Å². The number of amides is 1. The van der Waals surface area contributed by atoms with Crippen molar-refractivity contribution in [1.29, 1.82) is 0 Å². The van der Waals surface area contributed by atoms with E-state index in [-0.39, 0.29) is 5.91 Å². The molecule has 0 unspecified atom stereocenters. The van der Waals surface area contributed by atoms with Gasteiger partial charge in [0.05, 0.1) is 0 Å². The topological polar surface area (TPSA) is 46.3 Å². The average molecular weight is 225 g/mol. The van der Waals surface area contributed by atoms with E-state index < -0.39 is 0 Å². The quantitative estimate of drug-likeness (QED) is 0.782. The Labute approximate surface area is 93.8 Å². The molecule has 3 nitrogen and oxygen atoms in total. The Hall–Kier alpha value is -1.22. The standard InChI is InChI=1S/C11H13ClN2O/c12-9-3-1-4-10(13)8(9)7-14-6-2-5-11(14)15/h1,3-4H,2,5-7,13H2. The van der Waals surface area contributed by atoms with Crippen molar-refractivity contribution in [1.82, 2.24) is 4.90 Å². The fourth-order valence-corrected chi connectivity index (χ4v) is 2.05. The third-order valence-electron chi connectivity index (χ3n) is 2.68. The molecule has 2 rings (SSSR count). The number of halogens is 1. The van der Waals surface area contributed by atoms with E-state index >= 15 is 0 Å². The van der Waals surface area contributed by atoms with E-state index in [4.69, 9.17) is 17.3 Å². The molecule has 1 aliphatic heterocycles. The van der Waals surface area contributed by atoms with Crippen LogP contribution in [-0.2, 0) is 11.3 Å². The smallest absolute Gasteiger partial charge is 0.222 e. The summed E-state index contributed by atoms with van der Waals surface area (Å²) in [4.78, 5) is 13.2. The lowest BCUT2D eigenvalue weighted by molar-refractivity contribution is -0.128. The summed E-state index contributed by atoms with van der Waals surface area (Å²) >= 11 is 6.04. The maximum Gasteiger partial charge on any atom is 0.222 e. The highest BCUT2D eigenvalue weighted by atomic mass is 35.5. The van der Waals surface area contributed by atoms with Crippen LogP contribution in [0.25, 0.3) is 0 Å². The van der Waals surface area contributed by atoms with Crippen LogP contribution in [0.1, 0.15) is 18.4 Å². The molecule has 1 heterocycles. The van der Waals surface area contributed by atoms with Gasteiger partial charge in [0.15, 0.2) is 0 Å². The number of hydrogen-bond acceptors (Lipinski definition) is 2. The van der Waals surface area contributed by atoms with Gasteiger partial charge in [0, 0.05) is 35.8 Å². The molecular weight excluding hydrogens is 212 g/mol. The number of nitrogens with zero attached hydrogens (tertiary/aromatic N) is 1. The number of likely N-dealkylation sites (tertiary alicyclic amines) is 1. The summed E-state index contributed by atoms with van der Waals surface area (Å²) in [5.41, 5.74) is 7.33. The Morgan fingerprint density at radius 1 is 1.47 bits per heavy atom. The van der Waals surface area contributed by atoms with Crippen LogP contribution in [0.5, 0.6) is 0 Å². The Kier molecular flexibility index (Phi) is 2.82. The molecule has 1 aliphatic rings. The van der Waals surface area contributed by atoms with Crippen LogP contribution in [-0.4, -0.2) is 17.4 Å². The number of nitrogen functional groups attached to an aromatic ring is 1. The van der Waals surface area contributed by atoms with Crippen LogP contribution in [0, 0.1) is 0 Å². The van der Waals surface area contributed by atoms with Crippen LogP contribution in [0.3, 0.4) is 0 Å². The Morgan fingerprint density at radius 2 is 2.27 bits per heavy atom. The Morgan fingerprint density at radius 3 is 2.87 bits per heavy atom. The summed E-state index contributed by atoms with van der Waals surface area (Å²) in [5.74, 6) is 0.189. The lowest BCUT2D eigenvalue weighted by Gasteiger charge is -2.17. The molecule has 1 saturated heterocycles. The van der Waals surface area contributed by atoms with E-state index in [0.29, 0.717) is 23.7 Å². The van der Waals surface area contributed by atoms with Gasteiger partial charge in [-0.1, -0.05) is 17.7 Å². The van der Waals surface area contributed by atoms with E-state index in [1.165, 1.54) is 0 Å². The van der Waals surface area contributed by atoms with Gasteiger partial charge in [0.25, 0.3) is 0 Å². The zero-order chi connectivity index (χ0) is 10.8. The highest BCUT2D eigenvalue weighted by Crippen LogP contribution is 2.25. The van der Waals surface area contributed by atoms with Crippen LogP contribution < -0.4 is 5.73 Å². The number of carbonyl (C=O) groups excluding carboxylic acids is 1. The van der Waals surface area contributed by atoms with Crippen molar-refractivity contribution in [3.8, 4) is 0 Å². The molecule has 1 aromatic rings. The van der Waals surface area contributed by atoms with Gasteiger partial charge < -0.3 is 10.6 Å². The minimum absolute atomic E-state index is 0.189. The highest BCUT2D eigenvalue weighted by Gasteiger charge is 2.21. The number of benzene rings is 1. The maximum absolute atomic E-state index is 11.4. The second-order valence-corrected chi connectivity index (χ2v) is 4.13. The fourth-order valence-electron chi connectivity index (χ4n) is 1.80. The number of carbonyl (C=O) groups is 1. The molecule has 0 radical (unpaired) electrons. The van der Waals surface area contributed by atoms with Crippen molar-refractivity contribution < 1.29 is 4.79 Å². The fraction of sp³-hybridized carbons (Fsp3) is 0.364. The van der Waals surface area contributed by atoms with Crippen LogP contribution in [0.15, 0.2) is 18.2 Å². The molecule has 0 spiro atoms. The van der Waals surface area contributed by atoms with Gasteiger partial charge >= 0.3 is 0 Å². The predicted molar refractivity (Wildman–Crippen MR) is 60.5 cm³/mol. The molecule has 0 atom stereocenters. The molecule has 0 aliphatic carbocycles. The van der Waals surface area contributed by atoms with Gasteiger partial charge in [0.1, 0.15) is 0 Å². The monoisotopic (exact) mass is 224 g/mol. The second kappa shape index (κ2) is 4.11. The average Bonchev–Trinajstić information content (AvgIpc) is 2.58. The normalized spacial score (nSPS) is 16.1. The molecule has 1 aromatic carbocycles. The van der Waals surface area contributed by atoms with Gasteiger partial charge in [-0.15, -0.1) is 0 Å². The van der Waals surface area contributed by atoms with Crippen molar-refractivity contribution in [2.75, 3.05) is 12.3 Å². The number of anilines is 1. The number of hydrogen-bond donors (Lipinski definition) is 1. The maximum atomic E-state index is 11.4. The first-order valence-corrected chi connectivity index (χ1v) is 5.37. The first kappa shape index (κ1) is 10.3. The SMILES string of the molecule is Nc1cccc(Cl)c1CN1CCCC1=O. The summed E-state index contributed by atoms with van der Waals surface area (Å²) in [7, 11) is 0. The van der Waals surface area contributed by atoms with E-state index in [9.17, 15) is 4.79 Å². The van der Waals surface area contributed by atoms with E-state index in [1.54, 1.807) is 11.0 Å². The van der Waals surface area contributed by atoms with E-state index in [1.807, 2.05) is 12.1 Å². The predicted octanol–water partition coefficient (Wildman–Crippen LogP) is 2.04. The number of rotatable bonds is 2. The van der Waals surface area contributed by atoms with Crippen molar-refractivity contribution >= 4 is 23.2 Å². The summed E-state index contributed by atoms with van der Waals surface area (Å²) in [6.45, 7) is 1.34. The van der Waals surface area contributed by atoms with Crippen molar-refractivity contribution in [2.45, 2.75) is 19.4 Å². The van der Waals surface area contributed by atoms with Gasteiger partial charge in [-0.25, -0.2) is 0 Å². The highest BCUT2D eigenvalue weighted by molar-refractivity contribution is 6.31. The minimum atomic E-state index is 0.189. The van der Waals surface area contributed by atoms with Gasteiger partial charge in [0.2, 0.25) is 5.91 Å². The first-order valence-electron chi connectivity index (χ1n) is 4.99. The summed E-state index contributed by atoms with van der Waals surface area (Å²) in [5, 5.41) is 0.634. The molecular formula is C11H13ClN2O. The molecule has 80 valence electrons. The molecule has 2 N–H and O–H groups in total. The molecule has 15 heavy (non-hydrogen) atoms. The summed E-state index contributed by atoms with van der Waals surface area (Å²) in [6.07, 6.45) is 1.58. The zero-order valence-corrected chi connectivity index (χ0v) is 9.13. The van der Waals surface area contributed by atoms with Crippen molar-refractivity contribution in [3.05, 3.63) is 28.8 Å². The molecule has 4 heteroatoms. The molecule has 0 saturated carbocycles. The molecule has 1 fully saturated rings. The van der Waals surface area contributed by atoms with E-state index in [0.717, 1.165) is 18.5 Å². The Balaban J connectivity index is 2.20. The van der Waals surface area contributed by atoms with E-state index in [2.05, 4.69) is 0 Å². The summed E-state index contributed by atoms with van der Waals surface area (Å²) in [6, 6.07) is 5.42. The zero-order valence-electron chi connectivity index (χ0n) is 8.37. The lowest BCUT2D eigenvalue weighted by atomic mass is 10.1. The third-order valence-corrected chi connectivity index (χ3v) is 3.03. The van der Waals surface area contributed by atoms with Crippen LogP contribution >= 0.6 is 11.6 Å². The van der Waals surface area contributed by atoms with Crippen LogP contribution in [0.4, 0.5) is 5.69 Å². The molecule has 1 amide bonds. The summed E-state index contributed by atoms with van der Waals surface area (Å²) < 4.78 is 0. The van der Waals surface area contributed by atoms with Gasteiger partial charge in [-0.3, -0.25) is 4.79 Å². The molecule has 0 bridgehead atoms. The first-order chi connectivity index (χ1) is 7.18. The van der Waals surface area contributed by atoms with Gasteiger partial charge in [-0.2, -0.15) is 0 Å². The second-order valence-electron chi connectivity index (χ2n) is 3.73. The lowest BCUT2D eigenvalue weighted by Crippen LogP contribution is -2.24. The molecule has 0 aromatic heterocycles. The Bertz CT molecular complexity index is 372. The number of nitrogens with two attached hydrogens (primary N) is 1. The minimum Gasteiger partial charge on any atom is -0.398 e. The van der Waals surface area contributed by atoms with Crippen molar-refractivity contribution in [2.24, 2.45) is 0 Å². The largest absolute Gasteiger partial charge is 0.398 e. The van der Waals surface area contributed by atoms with Gasteiger partial charge in [-0.05, 0) is 18.6 Å².